The van der Waals surface area contributed by atoms with Gasteiger partial charge in [0, 0.05) is 23.8 Å². The summed E-state index contributed by atoms with van der Waals surface area (Å²) >= 11 is 5.84. The van der Waals surface area contributed by atoms with Crippen LogP contribution in [0, 0.1) is 0 Å². The summed E-state index contributed by atoms with van der Waals surface area (Å²) in [4.78, 5) is 14.5. The second-order valence-electron chi connectivity index (χ2n) is 5.54. The van der Waals surface area contributed by atoms with Crippen LogP contribution in [0.5, 0.6) is 0 Å². The minimum atomic E-state index is -0.201. The maximum absolute atomic E-state index is 12.4. The fourth-order valence-electron chi connectivity index (χ4n) is 2.73. The smallest absolute Gasteiger partial charge is 0.241 e. The molecular formula is C15H19ClN2O3. The van der Waals surface area contributed by atoms with Gasteiger partial charge in [-0.2, -0.15) is 0 Å². The molecule has 1 N–H and O–H groups in total. The molecule has 3 atom stereocenters. The van der Waals surface area contributed by atoms with Crippen molar-refractivity contribution >= 4 is 23.2 Å². The van der Waals surface area contributed by atoms with Gasteiger partial charge in [-0.3, -0.25) is 9.69 Å². The van der Waals surface area contributed by atoms with Gasteiger partial charge in [-0.15, -0.1) is 0 Å². The van der Waals surface area contributed by atoms with Gasteiger partial charge in [-0.05, 0) is 31.2 Å². The highest BCUT2D eigenvalue weighted by Crippen LogP contribution is 2.20. The number of morpholine rings is 1. The number of anilines is 1. The molecule has 0 radical (unpaired) electrons. The van der Waals surface area contributed by atoms with Gasteiger partial charge in [0.05, 0.1) is 31.5 Å². The highest BCUT2D eigenvalue weighted by Gasteiger charge is 2.35. The summed E-state index contributed by atoms with van der Waals surface area (Å²) in [7, 11) is 0. The number of benzene rings is 1. The Morgan fingerprint density at radius 2 is 1.90 bits per heavy atom. The Kier molecular flexibility index (Phi) is 4.45. The zero-order chi connectivity index (χ0) is 14.8. The number of amides is 1. The van der Waals surface area contributed by atoms with E-state index in [1.54, 1.807) is 24.3 Å². The monoisotopic (exact) mass is 310 g/mol. The summed E-state index contributed by atoms with van der Waals surface area (Å²) in [6, 6.07) is 6.92. The first-order chi connectivity index (χ1) is 10.1. The summed E-state index contributed by atoms with van der Waals surface area (Å²) in [5.74, 6) is -0.0155. The molecule has 5 nitrogen and oxygen atoms in total. The zero-order valence-corrected chi connectivity index (χ0v) is 12.7. The third-order valence-electron chi connectivity index (χ3n) is 3.91. The van der Waals surface area contributed by atoms with Crippen LogP contribution in [0.3, 0.4) is 0 Å². The lowest BCUT2D eigenvalue weighted by atomic mass is 10.1. The van der Waals surface area contributed by atoms with Crippen molar-refractivity contribution in [2.45, 2.75) is 25.2 Å². The fraction of sp³-hybridized carbons (Fsp3) is 0.533. The van der Waals surface area contributed by atoms with Gasteiger partial charge in [0.2, 0.25) is 5.91 Å². The molecule has 2 fully saturated rings. The first-order valence-electron chi connectivity index (χ1n) is 7.15. The second kappa shape index (κ2) is 6.32. The lowest BCUT2D eigenvalue weighted by molar-refractivity contribution is -0.184. The molecule has 21 heavy (non-hydrogen) atoms. The Hall–Kier alpha value is -1.14. The van der Waals surface area contributed by atoms with Crippen molar-refractivity contribution in [1.82, 2.24) is 4.90 Å². The average molecular weight is 311 g/mol. The normalized spacial score (nSPS) is 27.1. The zero-order valence-electron chi connectivity index (χ0n) is 11.9. The van der Waals surface area contributed by atoms with Crippen molar-refractivity contribution in [1.29, 1.82) is 0 Å². The van der Waals surface area contributed by atoms with E-state index in [0.717, 1.165) is 18.8 Å². The van der Waals surface area contributed by atoms with E-state index in [0.29, 0.717) is 18.2 Å². The van der Waals surface area contributed by atoms with Crippen molar-refractivity contribution < 1.29 is 14.3 Å². The number of nitrogens with zero attached hydrogens (tertiary/aromatic N) is 1. The van der Waals surface area contributed by atoms with E-state index < -0.39 is 0 Å². The number of rotatable bonds is 3. The molecule has 2 heterocycles. The molecule has 2 aliphatic heterocycles. The Morgan fingerprint density at radius 3 is 2.52 bits per heavy atom. The van der Waals surface area contributed by atoms with Crippen molar-refractivity contribution in [3.05, 3.63) is 29.3 Å². The highest BCUT2D eigenvalue weighted by molar-refractivity contribution is 6.30. The third-order valence-corrected chi connectivity index (χ3v) is 4.16. The van der Waals surface area contributed by atoms with Crippen LogP contribution in [0.4, 0.5) is 5.69 Å². The number of fused-ring (bicyclic) bond motifs is 2. The van der Waals surface area contributed by atoms with Crippen LogP contribution in [0.1, 0.15) is 6.92 Å². The van der Waals surface area contributed by atoms with Gasteiger partial charge in [0.1, 0.15) is 0 Å². The molecule has 0 saturated carbocycles. The van der Waals surface area contributed by atoms with Crippen molar-refractivity contribution in [3.8, 4) is 0 Å². The van der Waals surface area contributed by atoms with Crippen molar-refractivity contribution in [2.24, 2.45) is 0 Å². The molecule has 3 unspecified atom stereocenters. The molecular weight excluding hydrogens is 292 g/mol. The van der Waals surface area contributed by atoms with E-state index in [4.69, 9.17) is 21.1 Å². The van der Waals surface area contributed by atoms with E-state index in [9.17, 15) is 4.79 Å². The Morgan fingerprint density at radius 1 is 1.29 bits per heavy atom. The van der Waals surface area contributed by atoms with Crippen molar-refractivity contribution in [2.75, 3.05) is 31.6 Å². The lowest BCUT2D eigenvalue weighted by Crippen LogP contribution is -2.58. The molecule has 1 aromatic carbocycles. The summed E-state index contributed by atoms with van der Waals surface area (Å²) in [6.45, 7) is 4.60. The van der Waals surface area contributed by atoms with E-state index >= 15 is 0 Å². The second-order valence-corrected chi connectivity index (χ2v) is 5.98. The molecule has 2 aliphatic rings. The molecule has 3 rings (SSSR count). The molecule has 0 aromatic heterocycles. The Bertz CT molecular complexity index is 496. The van der Waals surface area contributed by atoms with Crippen LogP contribution in [0.25, 0.3) is 0 Å². The molecule has 1 amide bonds. The quantitative estimate of drug-likeness (QED) is 0.924. The van der Waals surface area contributed by atoms with E-state index in [1.165, 1.54) is 0 Å². The van der Waals surface area contributed by atoms with Crippen LogP contribution in [-0.4, -0.2) is 55.4 Å². The van der Waals surface area contributed by atoms with Gasteiger partial charge in [-0.25, -0.2) is 0 Å². The van der Waals surface area contributed by atoms with Crippen LogP contribution < -0.4 is 5.32 Å². The number of ether oxygens (including phenoxy) is 2. The average Bonchev–Trinajstić information content (AvgIpc) is 2.48. The fourth-order valence-corrected chi connectivity index (χ4v) is 2.86. The molecule has 114 valence electrons. The maximum atomic E-state index is 12.4. The Balaban J connectivity index is 1.60. The van der Waals surface area contributed by atoms with Gasteiger partial charge < -0.3 is 14.8 Å². The van der Waals surface area contributed by atoms with E-state index in [2.05, 4.69) is 10.2 Å². The minimum absolute atomic E-state index is 0.0155. The third kappa shape index (κ3) is 3.55. The van der Waals surface area contributed by atoms with Crippen LogP contribution >= 0.6 is 11.6 Å². The molecule has 2 saturated heterocycles. The predicted molar refractivity (Wildman–Crippen MR) is 80.6 cm³/mol. The molecule has 0 aliphatic carbocycles. The molecule has 0 spiro atoms. The first-order valence-corrected chi connectivity index (χ1v) is 7.53. The number of nitrogens with one attached hydrogen (secondary N) is 1. The van der Waals surface area contributed by atoms with Crippen LogP contribution in [0.2, 0.25) is 5.02 Å². The summed E-state index contributed by atoms with van der Waals surface area (Å²) in [5, 5.41) is 3.58. The van der Waals surface area contributed by atoms with E-state index in [1.807, 2.05) is 6.92 Å². The summed E-state index contributed by atoms with van der Waals surface area (Å²) in [5.41, 5.74) is 0.757. The summed E-state index contributed by atoms with van der Waals surface area (Å²) < 4.78 is 11.3. The van der Waals surface area contributed by atoms with Crippen molar-refractivity contribution in [3.63, 3.8) is 0 Å². The van der Waals surface area contributed by atoms with Crippen LogP contribution in [0.15, 0.2) is 24.3 Å². The number of carbonyl (C=O) groups excluding carboxylic acids is 1. The minimum Gasteiger partial charge on any atom is -0.376 e. The lowest BCUT2D eigenvalue weighted by Gasteiger charge is -2.43. The number of halogens is 1. The van der Waals surface area contributed by atoms with E-state index in [-0.39, 0.29) is 24.2 Å². The van der Waals surface area contributed by atoms with Gasteiger partial charge in [0.25, 0.3) is 0 Å². The highest BCUT2D eigenvalue weighted by atomic mass is 35.5. The Labute approximate surface area is 129 Å². The number of carbonyl (C=O) groups is 1. The van der Waals surface area contributed by atoms with Gasteiger partial charge >= 0.3 is 0 Å². The predicted octanol–water partition coefficient (Wildman–Crippen LogP) is 1.77. The number of hydrogen-bond donors (Lipinski definition) is 1. The van der Waals surface area contributed by atoms with Crippen LogP contribution in [-0.2, 0) is 14.3 Å². The maximum Gasteiger partial charge on any atom is 0.241 e. The standard InChI is InChI=1S/C15H19ClN2O3/c1-10(15(19)17-12-4-2-11(16)3-5-12)18-6-13-8-20-9-14(7-18)21-13/h2-5,10,13-14H,6-9H2,1H3,(H,17,19). The van der Waals surface area contributed by atoms with Gasteiger partial charge in [0.15, 0.2) is 0 Å². The molecule has 6 heteroatoms. The molecule has 1 aromatic rings. The summed E-state index contributed by atoms with van der Waals surface area (Å²) in [6.07, 6.45) is 0.145. The number of hydrogen-bond acceptors (Lipinski definition) is 4. The first kappa shape index (κ1) is 14.8. The SMILES string of the molecule is CC(C(=O)Nc1ccc(Cl)cc1)N1CC2COCC(C1)O2. The molecule has 2 bridgehead atoms. The topological polar surface area (TPSA) is 50.8 Å². The van der Waals surface area contributed by atoms with Gasteiger partial charge in [-0.1, -0.05) is 11.6 Å². The largest absolute Gasteiger partial charge is 0.376 e.